The lowest BCUT2D eigenvalue weighted by molar-refractivity contribution is -0.140. The third-order valence-corrected chi connectivity index (χ3v) is 4.16. The van der Waals surface area contributed by atoms with Gasteiger partial charge in [0.2, 0.25) is 0 Å². The smallest absolute Gasteiger partial charge is 0.305 e. The zero-order valence-corrected chi connectivity index (χ0v) is 15.5. The van der Waals surface area contributed by atoms with Crippen LogP contribution in [0.4, 0.5) is 0 Å². The van der Waals surface area contributed by atoms with Gasteiger partial charge in [-0.3, -0.25) is 9.79 Å². The molecule has 0 spiro atoms. The maximum absolute atomic E-state index is 11.2. The molecule has 0 aliphatic heterocycles. The molecule has 8 heteroatoms. The number of nitrogens with one attached hydrogen (secondary N) is 2. The molecule has 0 aromatic carbocycles. The minimum atomic E-state index is -2.94. The molecule has 0 saturated carbocycles. The van der Waals surface area contributed by atoms with Crippen molar-refractivity contribution >= 4 is 21.8 Å². The first kappa shape index (κ1) is 21.7. The Bertz CT molecular complexity index is 463. The molecule has 23 heavy (non-hydrogen) atoms. The van der Waals surface area contributed by atoms with Crippen molar-refractivity contribution in [1.82, 2.24) is 10.6 Å². The van der Waals surface area contributed by atoms with Crippen LogP contribution in [-0.4, -0.2) is 58.6 Å². The summed E-state index contributed by atoms with van der Waals surface area (Å²) in [6.45, 7) is 5.32. The number of esters is 1. The van der Waals surface area contributed by atoms with Gasteiger partial charge in [0.15, 0.2) is 5.96 Å². The number of hydrogen-bond acceptors (Lipinski definition) is 5. The van der Waals surface area contributed by atoms with Crippen molar-refractivity contribution in [3.05, 3.63) is 0 Å². The third-order valence-electron chi connectivity index (χ3n) is 3.19. The lowest BCUT2D eigenvalue weighted by Gasteiger charge is -2.17. The van der Waals surface area contributed by atoms with E-state index in [0.29, 0.717) is 25.3 Å². The first-order valence-electron chi connectivity index (χ1n) is 8.08. The fourth-order valence-corrected chi connectivity index (χ4v) is 2.65. The average molecular weight is 349 g/mol. The van der Waals surface area contributed by atoms with E-state index in [-0.39, 0.29) is 17.8 Å². The second-order valence-corrected chi connectivity index (χ2v) is 7.87. The van der Waals surface area contributed by atoms with Crippen LogP contribution in [0.25, 0.3) is 0 Å². The van der Waals surface area contributed by atoms with Gasteiger partial charge in [0.05, 0.1) is 12.9 Å². The predicted octanol–water partition coefficient (Wildman–Crippen LogP) is 1.10. The first-order chi connectivity index (χ1) is 10.8. The molecule has 136 valence electrons. The molecular formula is C15H31N3O4S. The summed E-state index contributed by atoms with van der Waals surface area (Å²) in [6.07, 6.45) is 4.85. The molecule has 1 unspecified atom stereocenters. The number of guanidine groups is 1. The van der Waals surface area contributed by atoms with Gasteiger partial charge in [-0.25, -0.2) is 8.42 Å². The molecule has 0 aromatic rings. The van der Waals surface area contributed by atoms with E-state index in [1.54, 1.807) is 0 Å². The number of carbonyl (C=O) groups excluding carboxylic acids is 1. The zero-order chi connectivity index (χ0) is 17.7. The van der Waals surface area contributed by atoms with Crippen molar-refractivity contribution < 1.29 is 17.9 Å². The van der Waals surface area contributed by atoms with E-state index in [9.17, 15) is 13.2 Å². The molecule has 0 heterocycles. The SMILES string of the molecule is CCNC(=NCCCCCC(=O)OC)NC(C)CCS(C)(=O)=O. The van der Waals surface area contributed by atoms with Crippen molar-refractivity contribution in [3.8, 4) is 0 Å². The van der Waals surface area contributed by atoms with Crippen LogP contribution in [0.2, 0.25) is 0 Å². The zero-order valence-electron chi connectivity index (χ0n) is 14.7. The number of hydrogen-bond donors (Lipinski definition) is 2. The molecule has 0 saturated heterocycles. The van der Waals surface area contributed by atoms with Crippen LogP contribution >= 0.6 is 0 Å². The summed E-state index contributed by atoms with van der Waals surface area (Å²) in [5.41, 5.74) is 0. The summed E-state index contributed by atoms with van der Waals surface area (Å²) < 4.78 is 27.0. The molecule has 1 atom stereocenters. The van der Waals surface area contributed by atoms with E-state index in [4.69, 9.17) is 0 Å². The average Bonchev–Trinajstić information content (AvgIpc) is 2.47. The Kier molecular flexibility index (Phi) is 11.5. The maximum Gasteiger partial charge on any atom is 0.305 e. The number of aliphatic imine (C=N–C) groups is 1. The van der Waals surface area contributed by atoms with E-state index in [1.807, 2.05) is 13.8 Å². The van der Waals surface area contributed by atoms with Gasteiger partial charge in [0, 0.05) is 31.8 Å². The van der Waals surface area contributed by atoms with E-state index in [0.717, 1.165) is 25.8 Å². The third kappa shape index (κ3) is 14.0. The second kappa shape index (κ2) is 12.2. The molecule has 2 N–H and O–H groups in total. The number of carbonyl (C=O) groups is 1. The van der Waals surface area contributed by atoms with Gasteiger partial charge in [-0.2, -0.15) is 0 Å². The standard InChI is InChI=1S/C15H31N3O4S/c1-5-16-15(18-13(2)10-12-23(4,20)21)17-11-8-6-7-9-14(19)22-3/h13H,5-12H2,1-4H3,(H2,16,17,18). The van der Waals surface area contributed by atoms with Gasteiger partial charge in [-0.1, -0.05) is 6.42 Å². The molecular weight excluding hydrogens is 318 g/mol. The Balaban J connectivity index is 4.10. The van der Waals surface area contributed by atoms with Gasteiger partial charge < -0.3 is 15.4 Å². The summed E-state index contributed by atoms with van der Waals surface area (Å²) in [6, 6.07) is 0.0295. The number of methoxy groups -OCH3 is 1. The predicted molar refractivity (Wildman–Crippen MR) is 93.4 cm³/mol. The fourth-order valence-electron chi connectivity index (χ4n) is 1.87. The van der Waals surface area contributed by atoms with E-state index in [1.165, 1.54) is 13.4 Å². The van der Waals surface area contributed by atoms with Crippen molar-refractivity contribution in [2.45, 2.75) is 52.0 Å². The highest BCUT2D eigenvalue weighted by molar-refractivity contribution is 7.90. The van der Waals surface area contributed by atoms with Gasteiger partial charge in [-0.15, -0.1) is 0 Å². The second-order valence-electron chi connectivity index (χ2n) is 5.61. The monoisotopic (exact) mass is 349 g/mol. The molecule has 0 amide bonds. The number of nitrogens with zero attached hydrogens (tertiary/aromatic N) is 1. The number of unbranched alkanes of at least 4 members (excludes halogenated alkanes) is 2. The van der Waals surface area contributed by atoms with E-state index in [2.05, 4.69) is 20.4 Å². The summed E-state index contributed by atoms with van der Waals surface area (Å²) in [7, 11) is -1.55. The summed E-state index contributed by atoms with van der Waals surface area (Å²) >= 11 is 0. The molecule has 0 radical (unpaired) electrons. The van der Waals surface area contributed by atoms with Crippen molar-refractivity contribution in [2.75, 3.05) is 32.2 Å². The van der Waals surface area contributed by atoms with Gasteiger partial charge in [-0.05, 0) is 33.1 Å². The van der Waals surface area contributed by atoms with Crippen LogP contribution in [0, 0.1) is 0 Å². The molecule has 0 bridgehead atoms. The lowest BCUT2D eigenvalue weighted by Crippen LogP contribution is -2.42. The number of ether oxygens (including phenoxy) is 1. The summed E-state index contributed by atoms with van der Waals surface area (Å²) in [5.74, 6) is 0.679. The molecule has 0 fully saturated rings. The Hall–Kier alpha value is -1.31. The topological polar surface area (TPSA) is 96.9 Å². The van der Waals surface area contributed by atoms with Crippen LogP contribution in [0.15, 0.2) is 4.99 Å². The fraction of sp³-hybridized carbons (Fsp3) is 0.867. The van der Waals surface area contributed by atoms with Crippen molar-refractivity contribution in [1.29, 1.82) is 0 Å². The van der Waals surface area contributed by atoms with Gasteiger partial charge in [0.25, 0.3) is 0 Å². The van der Waals surface area contributed by atoms with Crippen molar-refractivity contribution in [3.63, 3.8) is 0 Å². The Morgan fingerprint density at radius 3 is 2.52 bits per heavy atom. The largest absolute Gasteiger partial charge is 0.469 e. The molecule has 0 rings (SSSR count). The lowest BCUT2D eigenvalue weighted by atomic mass is 10.2. The number of sulfone groups is 1. The number of rotatable bonds is 11. The minimum Gasteiger partial charge on any atom is -0.469 e. The normalized spacial score (nSPS) is 13.5. The summed E-state index contributed by atoms with van der Waals surface area (Å²) in [4.78, 5) is 15.4. The Labute approximate surface area is 140 Å². The summed E-state index contributed by atoms with van der Waals surface area (Å²) in [5, 5.41) is 6.35. The highest BCUT2D eigenvalue weighted by Crippen LogP contribution is 2.01. The van der Waals surface area contributed by atoms with Gasteiger partial charge in [0.1, 0.15) is 9.84 Å². The quantitative estimate of drug-likeness (QED) is 0.251. The van der Waals surface area contributed by atoms with Crippen LogP contribution in [0.3, 0.4) is 0 Å². The van der Waals surface area contributed by atoms with Crippen LogP contribution in [0.1, 0.15) is 46.0 Å². The van der Waals surface area contributed by atoms with Crippen LogP contribution in [-0.2, 0) is 19.4 Å². The van der Waals surface area contributed by atoms with E-state index >= 15 is 0 Å². The van der Waals surface area contributed by atoms with Crippen LogP contribution in [0.5, 0.6) is 0 Å². The maximum atomic E-state index is 11.2. The molecule has 0 aliphatic rings. The van der Waals surface area contributed by atoms with Crippen LogP contribution < -0.4 is 10.6 Å². The molecule has 7 nitrogen and oxygen atoms in total. The van der Waals surface area contributed by atoms with Crippen molar-refractivity contribution in [2.24, 2.45) is 4.99 Å². The Morgan fingerprint density at radius 1 is 1.26 bits per heavy atom. The Morgan fingerprint density at radius 2 is 1.96 bits per heavy atom. The van der Waals surface area contributed by atoms with Gasteiger partial charge >= 0.3 is 5.97 Å². The first-order valence-corrected chi connectivity index (χ1v) is 10.1. The van der Waals surface area contributed by atoms with E-state index < -0.39 is 9.84 Å². The minimum absolute atomic E-state index is 0.0295. The highest BCUT2D eigenvalue weighted by atomic mass is 32.2. The molecule has 0 aliphatic carbocycles. The molecule has 0 aromatic heterocycles. The highest BCUT2D eigenvalue weighted by Gasteiger charge is 2.09.